The fraction of sp³-hybridized carbons (Fsp3) is 0.583. The fourth-order valence-electron chi connectivity index (χ4n) is 9.51. The normalized spacial score (nSPS) is 15.3. The van der Waals surface area contributed by atoms with Crippen molar-refractivity contribution >= 4 is 69.0 Å². The number of rotatable bonds is 31. The molecule has 0 spiro atoms. The molecule has 2 aromatic rings. The summed E-state index contributed by atoms with van der Waals surface area (Å²) in [5.41, 5.74) is 4.04. The highest BCUT2D eigenvalue weighted by molar-refractivity contribution is 7.89. The third kappa shape index (κ3) is 21.9. The monoisotopic (exact) mass is 1180 g/mol. The molecule has 0 saturated heterocycles. The molecule has 0 fully saturated rings. The number of sulfonamides is 1. The van der Waals surface area contributed by atoms with Gasteiger partial charge in [0.15, 0.2) is 0 Å². The van der Waals surface area contributed by atoms with Gasteiger partial charge in [0, 0.05) is 60.8 Å². The minimum absolute atomic E-state index is 0.0317. The molecule has 23 heteroatoms. The molecule has 0 aromatic heterocycles. The van der Waals surface area contributed by atoms with Crippen molar-refractivity contribution in [1.29, 1.82) is 0 Å². The van der Waals surface area contributed by atoms with Crippen LogP contribution >= 0.6 is 0 Å². The summed E-state index contributed by atoms with van der Waals surface area (Å²) in [5, 5.41) is 16.9. The number of nitrogens with one attached hydrogen (secondary N) is 7. The van der Waals surface area contributed by atoms with Crippen LogP contribution in [0.1, 0.15) is 127 Å². The molecule has 10 amide bonds. The largest absolute Gasteiger partial charge is 0.380 e. The molecule has 22 nitrogen and oxygen atoms in total. The van der Waals surface area contributed by atoms with Crippen LogP contribution in [0.5, 0.6) is 0 Å². The van der Waals surface area contributed by atoms with Crippen molar-refractivity contribution in [3.63, 3.8) is 0 Å². The van der Waals surface area contributed by atoms with Gasteiger partial charge in [-0.15, -0.1) is 0 Å². The molecule has 0 bridgehead atoms. The minimum Gasteiger partial charge on any atom is -0.380 e. The first-order valence-corrected chi connectivity index (χ1v) is 29.6. The van der Waals surface area contributed by atoms with Gasteiger partial charge >= 0.3 is 6.03 Å². The van der Waals surface area contributed by atoms with Crippen LogP contribution in [0.15, 0.2) is 78.4 Å². The van der Waals surface area contributed by atoms with E-state index in [1.807, 2.05) is 106 Å². The van der Waals surface area contributed by atoms with Crippen molar-refractivity contribution in [2.75, 3.05) is 45.7 Å². The lowest BCUT2D eigenvalue weighted by atomic mass is 9.76. The van der Waals surface area contributed by atoms with Crippen molar-refractivity contribution in [2.45, 2.75) is 158 Å². The molecule has 9 N–H and O–H groups in total. The average Bonchev–Trinajstić information content (AvgIpc) is 3.68. The van der Waals surface area contributed by atoms with Crippen LogP contribution in [0.25, 0.3) is 0 Å². The number of amides is 10. The fourth-order valence-corrected chi connectivity index (χ4v) is 10.7. The first kappa shape index (κ1) is 70.3. The maximum absolute atomic E-state index is 14.4. The number of nitrogens with zero attached hydrogens (tertiary/aromatic N) is 2. The lowest BCUT2D eigenvalue weighted by Crippen LogP contribution is -2.61. The number of hydrogen-bond acceptors (Lipinski definition) is 13. The van der Waals surface area contributed by atoms with Gasteiger partial charge in [0.1, 0.15) is 18.1 Å². The Morgan fingerprint density at radius 1 is 0.747 bits per heavy atom. The summed E-state index contributed by atoms with van der Waals surface area (Å²) < 4.78 is 35.0. The summed E-state index contributed by atoms with van der Waals surface area (Å²) in [6, 6.07) is 10.0. The van der Waals surface area contributed by atoms with Crippen molar-refractivity contribution < 1.29 is 56.3 Å². The predicted octanol–water partition coefficient (Wildman–Crippen LogP) is 4.56. The van der Waals surface area contributed by atoms with Gasteiger partial charge in [0.05, 0.1) is 31.1 Å². The Morgan fingerprint density at radius 2 is 1.33 bits per heavy atom. The van der Waals surface area contributed by atoms with Crippen LogP contribution in [-0.2, 0) is 64.3 Å². The van der Waals surface area contributed by atoms with Crippen LogP contribution in [0, 0.1) is 28.1 Å². The topological polar surface area (TPSA) is 314 Å². The third-order valence-electron chi connectivity index (χ3n) is 14.3. The summed E-state index contributed by atoms with van der Waals surface area (Å²) >= 11 is 0. The van der Waals surface area contributed by atoms with Gasteiger partial charge in [-0.05, 0) is 72.7 Å². The molecule has 3 rings (SSSR count). The molecule has 5 unspecified atom stereocenters. The van der Waals surface area contributed by atoms with Crippen molar-refractivity contribution in [3.8, 4) is 0 Å². The molecular weight excluding hydrogens is 1080 g/mol. The molecule has 83 heavy (non-hydrogen) atoms. The smallest absolute Gasteiger partial charge is 0.312 e. The maximum Gasteiger partial charge on any atom is 0.312 e. The number of anilines is 1. The zero-order chi connectivity index (χ0) is 63.0. The highest BCUT2D eigenvalue weighted by atomic mass is 32.2. The zero-order valence-electron chi connectivity index (χ0n) is 51.4. The number of hydrogen-bond donors (Lipinski definition) is 8. The quantitative estimate of drug-likeness (QED) is 0.0292. The summed E-state index contributed by atoms with van der Waals surface area (Å²) in [6.45, 7) is 26.0. The van der Waals surface area contributed by atoms with Gasteiger partial charge in [-0.25, -0.2) is 17.9 Å². The number of primary amides is 1. The van der Waals surface area contributed by atoms with Crippen LogP contribution in [0.2, 0.25) is 0 Å². The van der Waals surface area contributed by atoms with Gasteiger partial charge in [0.2, 0.25) is 39.6 Å². The number of likely N-dealkylation sites (N-methyl/N-ethyl adjacent to an activating group) is 2. The second-order valence-electron chi connectivity index (χ2n) is 25.4. The molecule has 2 aromatic carbocycles. The number of carbonyl (C=O) groups is 9. The van der Waals surface area contributed by atoms with Crippen molar-refractivity contribution in [3.05, 3.63) is 89.5 Å². The van der Waals surface area contributed by atoms with Crippen molar-refractivity contribution in [2.24, 2.45) is 33.8 Å². The molecule has 460 valence electrons. The third-order valence-corrected chi connectivity index (χ3v) is 15.5. The molecule has 0 aliphatic carbocycles. The minimum atomic E-state index is -4.30. The second kappa shape index (κ2) is 30.0. The first-order valence-electron chi connectivity index (χ1n) is 28.0. The van der Waals surface area contributed by atoms with E-state index >= 15 is 0 Å². The first-order chi connectivity index (χ1) is 38.3. The van der Waals surface area contributed by atoms with E-state index in [1.54, 1.807) is 27.9 Å². The second-order valence-corrected chi connectivity index (χ2v) is 27.1. The number of ether oxygens (including phenoxy) is 1. The van der Waals surface area contributed by atoms with E-state index in [9.17, 15) is 51.6 Å². The average molecular weight is 1180 g/mol. The van der Waals surface area contributed by atoms with Gasteiger partial charge in [-0.1, -0.05) is 139 Å². The Labute approximate surface area is 491 Å². The molecular formula is C60H92N10O12S. The summed E-state index contributed by atoms with van der Waals surface area (Å²) in [5.74, 6) is -5.47. The van der Waals surface area contributed by atoms with Gasteiger partial charge in [-0.3, -0.25) is 43.3 Å². The number of benzene rings is 2. The van der Waals surface area contributed by atoms with Crippen LogP contribution in [0.3, 0.4) is 0 Å². The SMILES string of the molecule is CNC(C(=O)NC(C(=O)N(C)C(C=C(C)C(=O)NS(=O)(=O)Cc1ccc(NC(=O)C(CCCNC(N)=O)NC(=O)C(NC(=O)CC(C)(C)COCC(C)(C)CN2C(=O)C=CC2=O)C(C)C)cc1)C(C)C)C(C)(C)C)C(C)(C)c1ccccc1. The molecule has 1 heterocycles. The molecule has 0 saturated carbocycles. The summed E-state index contributed by atoms with van der Waals surface area (Å²) in [4.78, 5) is 121. The summed E-state index contributed by atoms with van der Waals surface area (Å²) in [7, 11) is -1.03. The van der Waals surface area contributed by atoms with E-state index < -0.39 is 121 Å². The van der Waals surface area contributed by atoms with E-state index in [2.05, 4.69) is 36.6 Å². The number of urea groups is 1. The number of carbonyl (C=O) groups excluding carboxylic acids is 9. The Bertz CT molecular complexity index is 2790. The lowest BCUT2D eigenvalue weighted by Gasteiger charge is -2.40. The van der Waals surface area contributed by atoms with E-state index in [0.717, 1.165) is 10.5 Å². The molecule has 5 atom stereocenters. The highest BCUT2D eigenvalue weighted by Crippen LogP contribution is 2.30. The Hall–Kier alpha value is -6.98. The lowest BCUT2D eigenvalue weighted by molar-refractivity contribution is -0.141. The van der Waals surface area contributed by atoms with Crippen LogP contribution in [0.4, 0.5) is 10.5 Å². The summed E-state index contributed by atoms with van der Waals surface area (Å²) in [6.07, 6.45) is 4.21. The van der Waals surface area contributed by atoms with E-state index in [4.69, 9.17) is 10.5 Å². The van der Waals surface area contributed by atoms with Crippen LogP contribution < -0.4 is 42.4 Å². The Morgan fingerprint density at radius 3 is 1.86 bits per heavy atom. The maximum atomic E-state index is 14.4. The number of nitrogens with two attached hydrogens (primary N) is 1. The van der Waals surface area contributed by atoms with Gasteiger partial charge in [-0.2, -0.15) is 0 Å². The van der Waals surface area contributed by atoms with E-state index in [0.29, 0.717) is 0 Å². The standard InChI is InChI=1S/C60H92N10O12S/c1-37(2)44(69(16)55(78)50(57(6,7)8)67-54(77)49(62-15)60(13,14)41-21-18-17-19-22-41)31-39(5)51(74)68-83(80,81)33-40-24-26-42(27-25-40)64-52(75)43(23-20-30-63-56(61)79)65-53(76)48(38(3)4)66-45(71)32-58(9,10)35-82-36-59(11,12)34-70-46(72)28-29-47(70)73/h17-19,21-22,24-29,31,37-38,43-44,48-50,62H,20,23,30,32-36H2,1-16H3,(H,64,75)(H,65,76)(H,66,71)(H,67,77)(H,68,74)(H3,61,63,79). The van der Waals surface area contributed by atoms with Crippen LogP contribution in [-0.4, -0.2) is 142 Å². The zero-order valence-corrected chi connectivity index (χ0v) is 52.2. The highest BCUT2D eigenvalue weighted by Gasteiger charge is 2.42. The predicted molar refractivity (Wildman–Crippen MR) is 319 cm³/mol. The Balaban J connectivity index is 1.68. The molecule has 1 aliphatic rings. The Kier molecular flexibility index (Phi) is 25.4. The van der Waals surface area contributed by atoms with Gasteiger partial charge < -0.3 is 47.3 Å². The van der Waals surface area contributed by atoms with E-state index in [-0.39, 0.29) is 74.2 Å². The molecule has 1 aliphatic heterocycles. The van der Waals surface area contributed by atoms with Crippen molar-refractivity contribution in [1.82, 2.24) is 41.1 Å². The van der Waals surface area contributed by atoms with E-state index in [1.165, 1.54) is 54.3 Å². The molecule has 0 radical (unpaired) electrons. The van der Waals surface area contributed by atoms with Gasteiger partial charge in [0.25, 0.3) is 17.7 Å². The number of imide groups is 1.